The zero-order valence-electron chi connectivity index (χ0n) is 14.0. The summed E-state index contributed by atoms with van der Waals surface area (Å²) in [7, 11) is 0. The number of hydrogen-bond donors (Lipinski definition) is 1. The van der Waals surface area contributed by atoms with Crippen molar-refractivity contribution in [1.29, 1.82) is 0 Å². The fourth-order valence-electron chi connectivity index (χ4n) is 2.39. The highest BCUT2D eigenvalue weighted by Crippen LogP contribution is 2.26. The first-order chi connectivity index (χ1) is 12.0. The van der Waals surface area contributed by atoms with Crippen molar-refractivity contribution in [2.45, 2.75) is 18.9 Å². The number of aryl methyl sites for hydroxylation is 2. The van der Waals surface area contributed by atoms with Crippen LogP contribution in [0.5, 0.6) is 0 Å². The molecule has 0 saturated heterocycles. The number of thioether (sulfide) groups is 1. The van der Waals surface area contributed by atoms with Gasteiger partial charge in [0.1, 0.15) is 10.8 Å². The number of carbonyl (C=O) groups is 1. The van der Waals surface area contributed by atoms with Crippen LogP contribution in [-0.4, -0.2) is 22.1 Å². The number of amides is 1. The molecule has 0 aliphatic heterocycles. The molecule has 25 heavy (non-hydrogen) atoms. The summed E-state index contributed by atoms with van der Waals surface area (Å²) in [4.78, 5) is 21.4. The molecule has 3 aromatic rings. The van der Waals surface area contributed by atoms with Gasteiger partial charge in [-0.15, -0.1) is 11.8 Å². The van der Waals surface area contributed by atoms with Crippen LogP contribution in [0.15, 0.2) is 46.0 Å². The van der Waals surface area contributed by atoms with Crippen LogP contribution in [0.2, 0.25) is 0 Å². The van der Waals surface area contributed by atoms with Crippen molar-refractivity contribution in [1.82, 2.24) is 9.97 Å². The highest BCUT2D eigenvalue weighted by molar-refractivity contribution is 7.98. The Labute approximate surface area is 148 Å². The van der Waals surface area contributed by atoms with Gasteiger partial charge in [-0.2, -0.15) is 0 Å². The van der Waals surface area contributed by atoms with Gasteiger partial charge in [0, 0.05) is 0 Å². The Bertz CT molecular complexity index is 926. The van der Waals surface area contributed by atoms with Crippen molar-refractivity contribution in [3.63, 3.8) is 0 Å². The molecular weight excluding hydrogens is 341 g/mol. The molecule has 0 saturated carbocycles. The summed E-state index contributed by atoms with van der Waals surface area (Å²) in [5, 5.41) is 3.11. The second-order valence-corrected chi connectivity index (χ2v) is 6.23. The van der Waals surface area contributed by atoms with Crippen molar-refractivity contribution in [3.05, 3.63) is 59.2 Å². The summed E-state index contributed by atoms with van der Waals surface area (Å²) in [6.45, 7) is 3.55. The molecule has 128 valence electrons. The van der Waals surface area contributed by atoms with Crippen molar-refractivity contribution >= 4 is 23.4 Å². The van der Waals surface area contributed by atoms with Gasteiger partial charge in [0.05, 0.1) is 23.2 Å². The van der Waals surface area contributed by atoms with Gasteiger partial charge >= 0.3 is 0 Å². The normalized spacial score (nSPS) is 10.7. The summed E-state index contributed by atoms with van der Waals surface area (Å²) in [6.07, 6.45) is 3.35. The minimum Gasteiger partial charge on any atom is -0.461 e. The first-order valence-corrected chi connectivity index (χ1v) is 8.76. The third kappa shape index (κ3) is 3.56. The molecule has 0 aliphatic rings. The SMILES string of the molecule is CSc1nc(-c2ccco2)nc(C)c1C(=O)Nc1cc(C)ccc1F. The third-order valence-electron chi connectivity index (χ3n) is 3.59. The molecule has 2 heterocycles. The highest BCUT2D eigenvalue weighted by atomic mass is 32.2. The second-order valence-electron chi connectivity index (χ2n) is 5.43. The molecule has 0 aliphatic carbocycles. The number of rotatable bonds is 4. The molecule has 0 atom stereocenters. The molecule has 1 N–H and O–H groups in total. The lowest BCUT2D eigenvalue weighted by Gasteiger charge is -2.12. The van der Waals surface area contributed by atoms with Crippen LogP contribution >= 0.6 is 11.8 Å². The largest absolute Gasteiger partial charge is 0.461 e. The number of furan rings is 1. The summed E-state index contributed by atoms with van der Waals surface area (Å²) < 4.78 is 19.2. The average Bonchev–Trinajstić information content (AvgIpc) is 3.11. The van der Waals surface area contributed by atoms with Crippen molar-refractivity contribution in [3.8, 4) is 11.6 Å². The van der Waals surface area contributed by atoms with Gasteiger partial charge in [0.15, 0.2) is 11.6 Å². The van der Waals surface area contributed by atoms with Crippen molar-refractivity contribution in [2.75, 3.05) is 11.6 Å². The Morgan fingerprint density at radius 1 is 1.24 bits per heavy atom. The minimum atomic E-state index is -0.490. The Hall–Kier alpha value is -2.67. The molecule has 0 radical (unpaired) electrons. The van der Waals surface area contributed by atoms with Crippen molar-refractivity contribution < 1.29 is 13.6 Å². The third-order valence-corrected chi connectivity index (χ3v) is 4.27. The van der Waals surface area contributed by atoms with Crippen LogP contribution in [0.1, 0.15) is 21.6 Å². The van der Waals surface area contributed by atoms with Crippen LogP contribution in [0.3, 0.4) is 0 Å². The van der Waals surface area contributed by atoms with Crippen LogP contribution in [0, 0.1) is 19.7 Å². The summed E-state index contributed by atoms with van der Waals surface area (Å²) in [6, 6.07) is 8.04. The van der Waals surface area contributed by atoms with Gasteiger partial charge in [0.2, 0.25) is 0 Å². The fourth-order valence-corrected chi connectivity index (χ4v) is 3.01. The van der Waals surface area contributed by atoms with E-state index in [1.54, 1.807) is 31.2 Å². The van der Waals surface area contributed by atoms with E-state index in [1.807, 2.05) is 13.2 Å². The first kappa shape index (κ1) is 17.2. The minimum absolute atomic E-state index is 0.131. The number of aromatic nitrogens is 2. The molecule has 3 rings (SSSR count). The Balaban J connectivity index is 1.98. The lowest BCUT2D eigenvalue weighted by molar-refractivity contribution is 0.102. The van der Waals surface area contributed by atoms with Gasteiger partial charge in [-0.1, -0.05) is 6.07 Å². The molecule has 0 unspecified atom stereocenters. The number of nitrogens with zero attached hydrogens (tertiary/aromatic N) is 2. The van der Waals surface area contributed by atoms with Gasteiger partial charge in [-0.05, 0) is 49.9 Å². The van der Waals surface area contributed by atoms with Gasteiger partial charge in [-0.3, -0.25) is 4.79 Å². The monoisotopic (exact) mass is 357 g/mol. The van der Waals surface area contributed by atoms with Gasteiger partial charge < -0.3 is 9.73 Å². The highest BCUT2D eigenvalue weighted by Gasteiger charge is 2.20. The van der Waals surface area contributed by atoms with E-state index in [0.717, 1.165) is 5.56 Å². The maximum Gasteiger partial charge on any atom is 0.260 e. The number of benzene rings is 1. The zero-order chi connectivity index (χ0) is 18.0. The number of nitrogens with one attached hydrogen (secondary N) is 1. The second kappa shape index (κ2) is 7.06. The maximum absolute atomic E-state index is 13.9. The van der Waals surface area contributed by atoms with Gasteiger partial charge in [0.25, 0.3) is 5.91 Å². The number of anilines is 1. The van der Waals surface area contributed by atoms with E-state index in [9.17, 15) is 9.18 Å². The standard InChI is InChI=1S/C18H16FN3O2S/c1-10-6-7-12(19)13(9-10)21-17(23)15-11(2)20-16(22-18(15)25-3)14-5-4-8-24-14/h4-9H,1-3H3,(H,21,23). The van der Waals surface area contributed by atoms with Crippen LogP contribution < -0.4 is 5.32 Å². The summed E-state index contributed by atoms with van der Waals surface area (Å²) in [5.41, 5.74) is 1.80. The first-order valence-electron chi connectivity index (χ1n) is 7.53. The number of hydrogen-bond acceptors (Lipinski definition) is 5. The topological polar surface area (TPSA) is 68.0 Å². The van der Waals surface area contributed by atoms with E-state index < -0.39 is 11.7 Å². The van der Waals surface area contributed by atoms with Crippen LogP contribution in [0.25, 0.3) is 11.6 Å². The maximum atomic E-state index is 13.9. The molecule has 1 aromatic carbocycles. The molecule has 7 heteroatoms. The molecular formula is C18H16FN3O2S. The Morgan fingerprint density at radius 2 is 2.04 bits per heavy atom. The lowest BCUT2D eigenvalue weighted by atomic mass is 10.2. The fraction of sp³-hybridized carbons (Fsp3) is 0.167. The van der Waals surface area contributed by atoms with E-state index in [0.29, 0.717) is 27.9 Å². The molecule has 2 aromatic heterocycles. The Kier molecular flexibility index (Phi) is 4.85. The molecule has 5 nitrogen and oxygen atoms in total. The van der Waals surface area contributed by atoms with Crippen LogP contribution in [-0.2, 0) is 0 Å². The lowest BCUT2D eigenvalue weighted by Crippen LogP contribution is -2.17. The average molecular weight is 357 g/mol. The van der Waals surface area contributed by atoms with Crippen LogP contribution in [0.4, 0.5) is 10.1 Å². The quantitative estimate of drug-likeness (QED) is 0.551. The predicted molar refractivity (Wildman–Crippen MR) is 95.3 cm³/mol. The summed E-state index contributed by atoms with van der Waals surface area (Å²) in [5.74, 6) is -0.00648. The van der Waals surface area contributed by atoms with Crippen molar-refractivity contribution in [2.24, 2.45) is 0 Å². The van der Waals surface area contributed by atoms with E-state index in [2.05, 4.69) is 15.3 Å². The smallest absolute Gasteiger partial charge is 0.260 e. The molecule has 0 bridgehead atoms. The molecule has 0 fully saturated rings. The molecule has 0 spiro atoms. The van der Waals surface area contributed by atoms with Gasteiger partial charge in [-0.25, -0.2) is 14.4 Å². The Morgan fingerprint density at radius 3 is 2.72 bits per heavy atom. The predicted octanol–water partition coefficient (Wildman–Crippen LogP) is 4.47. The van der Waals surface area contributed by atoms with E-state index in [-0.39, 0.29) is 5.69 Å². The van der Waals surface area contributed by atoms with E-state index >= 15 is 0 Å². The number of carbonyl (C=O) groups excluding carboxylic acids is 1. The van der Waals surface area contributed by atoms with E-state index in [1.165, 1.54) is 24.1 Å². The zero-order valence-corrected chi connectivity index (χ0v) is 14.8. The summed E-state index contributed by atoms with van der Waals surface area (Å²) >= 11 is 1.32. The number of halogens is 1. The molecule has 1 amide bonds. The van der Waals surface area contributed by atoms with E-state index in [4.69, 9.17) is 4.42 Å².